The van der Waals surface area contributed by atoms with Gasteiger partial charge in [0.25, 0.3) is 0 Å². The number of fused-ring (bicyclic) bond motifs is 1. The first kappa shape index (κ1) is 15.8. The standard InChI is InChI=1S/C19H16N4O/c20-9-16-14-3-1-2-4-15(14)17(12-5-7-13(24)8-6-12)19(10-21,11-22)18(16)23/h3,5-8,15-17,23-24H,1-2,4H2/t15-,16+,17+/m1/s1. The molecule has 1 aromatic rings. The third kappa shape index (κ3) is 2.08. The van der Waals surface area contributed by atoms with Crippen molar-refractivity contribution in [3.8, 4) is 24.0 Å². The third-order valence-electron chi connectivity index (χ3n) is 5.18. The SMILES string of the molecule is N#C[C@@H]1C(=N)C(C#N)(C#N)[C@@H](c2ccc(O)cc2)[C@@H]2CCCC=C12. The molecular formula is C19H16N4O. The molecule has 0 aliphatic heterocycles. The summed E-state index contributed by atoms with van der Waals surface area (Å²) in [6, 6.07) is 12.7. The number of nitriles is 3. The van der Waals surface area contributed by atoms with Gasteiger partial charge in [0.05, 0.1) is 23.9 Å². The van der Waals surface area contributed by atoms with Crippen LogP contribution in [-0.2, 0) is 0 Å². The fourth-order valence-electron chi connectivity index (χ4n) is 4.07. The molecule has 5 nitrogen and oxygen atoms in total. The number of aromatic hydroxyl groups is 1. The van der Waals surface area contributed by atoms with E-state index in [1.807, 2.05) is 6.08 Å². The Kier molecular flexibility index (Phi) is 3.84. The molecule has 24 heavy (non-hydrogen) atoms. The molecule has 0 aromatic heterocycles. The van der Waals surface area contributed by atoms with Gasteiger partial charge in [-0.1, -0.05) is 18.2 Å². The number of hydrogen-bond donors (Lipinski definition) is 2. The van der Waals surface area contributed by atoms with Crippen molar-refractivity contribution in [3.05, 3.63) is 41.5 Å². The highest BCUT2D eigenvalue weighted by atomic mass is 16.3. The van der Waals surface area contributed by atoms with Crippen LogP contribution in [0.1, 0.15) is 30.7 Å². The summed E-state index contributed by atoms with van der Waals surface area (Å²) in [5, 5.41) is 47.1. The van der Waals surface area contributed by atoms with E-state index in [0.29, 0.717) is 0 Å². The second-order valence-corrected chi connectivity index (χ2v) is 6.32. The van der Waals surface area contributed by atoms with E-state index in [2.05, 4.69) is 18.2 Å². The highest BCUT2D eigenvalue weighted by Crippen LogP contribution is 2.55. The maximum absolute atomic E-state index is 9.81. The summed E-state index contributed by atoms with van der Waals surface area (Å²) >= 11 is 0. The molecule has 3 atom stereocenters. The van der Waals surface area contributed by atoms with Gasteiger partial charge in [0, 0.05) is 5.92 Å². The number of nitrogens with one attached hydrogen (secondary N) is 1. The quantitative estimate of drug-likeness (QED) is 0.772. The normalized spacial score (nSPS) is 27.8. The van der Waals surface area contributed by atoms with Crippen molar-refractivity contribution in [2.75, 3.05) is 0 Å². The Labute approximate surface area is 140 Å². The molecular weight excluding hydrogens is 300 g/mol. The third-order valence-corrected chi connectivity index (χ3v) is 5.18. The highest BCUT2D eigenvalue weighted by Gasteiger charge is 2.57. The van der Waals surface area contributed by atoms with Crippen molar-refractivity contribution >= 4 is 5.71 Å². The first-order valence-electron chi connectivity index (χ1n) is 7.89. The van der Waals surface area contributed by atoms with Crippen LogP contribution in [0, 0.1) is 56.7 Å². The van der Waals surface area contributed by atoms with Crippen LogP contribution in [0.4, 0.5) is 0 Å². The lowest BCUT2D eigenvalue weighted by molar-refractivity contribution is 0.320. The molecule has 118 valence electrons. The van der Waals surface area contributed by atoms with E-state index in [4.69, 9.17) is 5.41 Å². The van der Waals surface area contributed by atoms with E-state index in [-0.39, 0.29) is 17.4 Å². The second kappa shape index (κ2) is 5.84. The summed E-state index contributed by atoms with van der Waals surface area (Å²) in [5.41, 5.74) is -0.170. The molecule has 2 N–H and O–H groups in total. The second-order valence-electron chi connectivity index (χ2n) is 6.32. The number of phenolic OH excluding ortho intramolecular Hbond substituents is 1. The first-order valence-corrected chi connectivity index (χ1v) is 7.89. The molecule has 3 rings (SSSR count). The van der Waals surface area contributed by atoms with E-state index in [1.54, 1.807) is 12.1 Å². The number of allylic oxidation sites excluding steroid dienone is 2. The molecule has 1 fully saturated rings. The minimum absolute atomic E-state index is 0.110. The topological polar surface area (TPSA) is 115 Å². The van der Waals surface area contributed by atoms with Gasteiger partial charge in [-0.2, -0.15) is 15.8 Å². The molecule has 0 bridgehead atoms. The average molecular weight is 316 g/mol. The van der Waals surface area contributed by atoms with Crippen LogP contribution >= 0.6 is 0 Å². The molecule has 0 saturated heterocycles. The molecule has 0 radical (unpaired) electrons. The molecule has 1 saturated carbocycles. The Hall–Kier alpha value is -3.10. The number of benzene rings is 1. The van der Waals surface area contributed by atoms with Crippen molar-refractivity contribution in [1.29, 1.82) is 21.2 Å². The largest absolute Gasteiger partial charge is 0.508 e. The van der Waals surface area contributed by atoms with Gasteiger partial charge in [0.1, 0.15) is 11.7 Å². The van der Waals surface area contributed by atoms with Crippen LogP contribution in [0.15, 0.2) is 35.9 Å². The van der Waals surface area contributed by atoms with E-state index < -0.39 is 17.3 Å². The lowest BCUT2D eigenvalue weighted by Crippen LogP contribution is -2.48. The summed E-state index contributed by atoms with van der Waals surface area (Å²) < 4.78 is 0. The lowest BCUT2D eigenvalue weighted by atomic mass is 9.53. The molecule has 2 aliphatic rings. The first-order chi connectivity index (χ1) is 11.6. The minimum Gasteiger partial charge on any atom is -0.508 e. The monoisotopic (exact) mass is 316 g/mol. The van der Waals surface area contributed by atoms with Crippen molar-refractivity contribution in [2.45, 2.75) is 25.2 Å². The van der Waals surface area contributed by atoms with Crippen LogP contribution < -0.4 is 0 Å². The smallest absolute Gasteiger partial charge is 0.189 e. The summed E-state index contributed by atoms with van der Waals surface area (Å²) in [4.78, 5) is 0. The van der Waals surface area contributed by atoms with E-state index >= 15 is 0 Å². The minimum atomic E-state index is -1.66. The molecule has 0 amide bonds. The van der Waals surface area contributed by atoms with E-state index in [0.717, 1.165) is 30.4 Å². The highest BCUT2D eigenvalue weighted by molar-refractivity contribution is 6.00. The van der Waals surface area contributed by atoms with E-state index in [1.165, 1.54) is 12.1 Å². The van der Waals surface area contributed by atoms with Crippen LogP contribution in [-0.4, -0.2) is 10.8 Å². The maximum atomic E-state index is 9.81. The molecule has 5 heteroatoms. The van der Waals surface area contributed by atoms with Gasteiger partial charge < -0.3 is 10.5 Å². The van der Waals surface area contributed by atoms with Crippen molar-refractivity contribution in [1.82, 2.24) is 0 Å². The number of nitrogens with zero attached hydrogens (tertiary/aromatic N) is 3. The van der Waals surface area contributed by atoms with Gasteiger partial charge in [-0.05, 0) is 48.4 Å². The van der Waals surface area contributed by atoms with E-state index in [9.17, 15) is 20.9 Å². The van der Waals surface area contributed by atoms with Gasteiger partial charge in [-0.3, -0.25) is 0 Å². The van der Waals surface area contributed by atoms with Crippen molar-refractivity contribution in [3.63, 3.8) is 0 Å². The Morgan fingerprint density at radius 2 is 1.79 bits per heavy atom. The molecule has 1 aromatic carbocycles. The Morgan fingerprint density at radius 3 is 2.38 bits per heavy atom. The van der Waals surface area contributed by atoms with Crippen molar-refractivity contribution < 1.29 is 5.11 Å². The van der Waals surface area contributed by atoms with Gasteiger partial charge in [0.2, 0.25) is 0 Å². The van der Waals surface area contributed by atoms with Crippen LogP contribution in [0.25, 0.3) is 0 Å². The van der Waals surface area contributed by atoms with Gasteiger partial charge in [0.15, 0.2) is 5.41 Å². The van der Waals surface area contributed by atoms with Gasteiger partial charge in [-0.15, -0.1) is 0 Å². The van der Waals surface area contributed by atoms with Crippen LogP contribution in [0.3, 0.4) is 0 Å². The predicted octanol–water partition coefficient (Wildman–Crippen LogP) is 3.41. The Balaban J connectivity index is 2.24. The van der Waals surface area contributed by atoms with Gasteiger partial charge in [-0.25, -0.2) is 0 Å². The predicted molar refractivity (Wildman–Crippen MR) is 86.8 cm³/mol. The maximum Gasteiger partial charge on any atom is 0.189 e. The zero-order valence-corrected chi connectivity index (χ0v) is 13.0. The summed E-state index contributed by atoms with van der Waals surface area (Å²) in [7, 11) is 0. The molecule has 2 aliphatic carbocycles. The average Bonchev–Trinajstić information content (AvgIpc) is 2.62. The number of rotatable bonds is 1. The summed E-state index contributed by atoms with van der Waals surface area (Å²) in [5.74, 6) is -1.31. The van der Waals surface area contributed by atoms with Gasteiger partial charge >= 0.3 is 0 Å². The van der Waals surface area contributed by atoms with Crippen LogP contribution in [0.2, 0.25) is 0 Å². The summed E-state index contributed by atoms with van der Waals surface area (Å²) in [6.07, 6.45) is 4.57. The number of hydrogen-bond acceptors (Lipinski definition) is 5. The lowest BCUT2D eigenvalue weighted by Gasteiger charge is -2.45. The van der Waals surface area contributed by atoms with Crippen molar-refractivity contribution in [2.24, 2.45) is 17.3 Å². The molecule has 0 heterocycles. The fourth-order valence-corrected chi connectivity index (χ4v) is 4.07. The Bertz CT molecular complexity index is 818. The molecule has 0 unspecified atom stereocenters. The van der Waals surface area contributed by atoms with Crippen LogP contribution in [0.5, 0.6) is 5.75 Å². The zero-order chi connectivity index (χ0) is 17.3. The summed E-state index contributed by atoms with van der Waals surface area (Å²) in [6.45, 7) is 0. The Morgan fingerprint density at radius 1 is 1.12 bits per heavy atom. The fraction of sp³-hybridized carbons (Fsp3) is 0.368. The zero-order valence-electron chi connectivity index (χ0n) is 13.0. The number of phenols is 1. The molecule has 0 spiro atoms.